The molecule has 0 saturated heterocycles. The van der Waals surface area contributed by atoms with Crippen molar-refractivity contribution in [3.05, 3.63) is 70.8 Å². The second-order valence-corrected chi connectivity index (χ2v) is 5.00. The second kappa shape index (κ2) is 7.92. The molecule has 6 nitrogen and oxygen atoms in total. The molecule has 0 unspecified atom stereocenters. The zero-order valence-corrected chi connectivity index (χ0v) is 13.7. The van der Waals surface area contributed by atoms with Gasteiger partial charge in [-0.1, -0.05) is 30.3 Å². The van der Waals surface area contributed by atoms with E-state index in [9.17, 15) is 19.5 Å². The Morgan fingerprint density at radius 2 is 1.48 bits per heavy atom. The summed E-state index contributed by atoms with van der Waals surface area (Å²) in [5.41, 5.74) is 0.917. The lowest BCUT2D eigenvalue weighted by atomic mass is 10.0. The van der Waals surface area contributed by atoms with E-state index in [1.807, 2.05) is 0 Å². The SMILES string of the molecule is COC(=O)c1ccc(/C=C/C(=O)c2ccccc2C(=O)OC)cc1O. The van der Waals surface area contributed by atoms with Crippen molar-refractivity contribution in [2.75, 3.05) is 14.2 Å². The number of ketones is 1. The lowest BCUT2D eigenvalue weighted by Gasteiger charge is -2.05. The number of aromatic hydroxyl groups is 1. The summed E-state index contributed by atoms with van der Waals surface area (Å²) in [6.07, 6.45) is 2.74. The fourth-order valence-electron chi connectivity index (χ4n) is 2.18. The summed E-state index contributed by atoms with van der Waals surface area (Å²) in [6, 6.07) is 10.6. The van der Waals surface area contributed by atoms with Gasteiger partial charge in [0.1, 0.15) is 11.3 Å². The first-order valence-electron chi connectivity index (χ1n) is 7.29. The Morgan fingerprint density at radius 1 is 0.880 bits per heavy atom. The van der Waals surface area contributed by atoms with Crippen LogP contribution in [0.25, 0.3) is 6.08 Å². The van der Waals surface area contributed by atoms with Gasteiger partial charge < -0.3 is 14.6 Å². The van der Waals surface area contributed by atoms with Gasteiger partial charge in [0.05, 0.1) is 19.8 Å². The Balaban J connectivity index is 2.26. The van der Waals surface area contributed by atoms with E-state index in [0.717, 1.165) is 0 Å². The van der Waals surface area contributed by atoms with Crippen LogP contribution in [-0.2, 0) is 9.47 Å². The van der Waals surface area contributed by atoms with Crippen molar-refractivity contribution in [3.8, 4) is 5.75 Å². The average molecular weight is 340 g/mol. The van der Waals surface area contributed by atoms with Crippen LogP contribution in [0.2, 0.25) is 0 Å². The number of esters is 2. The lowest BCUT2D eigenvalue weighted by Crippen LogP contribution is -2.08. The fourth-order valence-corrected chi connectivity index (χ4v) is 2.18. The van der Waals surface area contributed by atoms with Gasteiger partial charge in [0.25, 0.3) is 0 Å². The molecule has 0 aliphatic carbocycles. The van der Waals surface area contributed by atoms with Crippen LogP contribution >= 0.6 is 0 Å². The summed E-state index contributed by atoms with van der Waals surface area (Å²) >= 11 is 0. The Hall–Kier alpha value is -3.41. The van der Waals surface area contributed by atoms with Gasteiger partial charge in [0.15, 0.2) is 5.78 Å². The molecule has 0 heterocycles. The molecular formula is C19H16O6. The predicted molar refractivity (Wildman–Crippen MR) is 90.6 cm³/mol. The monoisotopic (exact) mass is 340 g/mol. The van der Waals surface area contributed by atoms with Gasteiger partial charge in [0, 0.05) is 5.56 Å². The standard InChI is InChI=1S/C19H16O6/c1-24-18(22)14-6-4-3-5-13(14)16(20)10-8-12-7-9-15(17(21)11-12)19(23)25-2/h3-11,21H,1-2H3/b10-8+. The second-order valence-electron chi connectivity index (χ2n) is 5.00. The molecule has 25 heavy (non-hydrogen) atoms. The van der Waals surface area contributed by atoms with E-state index >= 15 is 0 Å². The topological polar surface area (TPSA) is 89.9 Å². The number of allylic oxidation sites excluding steroid dienone is 1. The minimum atomic E-state index is -0.656. The molecule has 128 valence electrons. The Kier molecular flexibility index (Phi) is 5.68. The third-order valence-electron chi connectivity index (χ3n) is 3.45. The molecule has 0 spiro atoms. The maximum atomic E-state index is 12.3. The van der Waals surface area contributed by atoms with Crippen molar-refractivity contribution in [3.63, 3.8) is 0 Å². The molecule has 0 aliphatic rings. The smallest absolute Gasteiger partial charge is 0.341 e. The number of hydrogen-bond donors (Lipinski definition) is 1. The normalized spacial score (nSPS) is 10.5. The Labute approximate surface area is 144 Å². The molecule has 0 aliphatic heterocycles. The van der Waals surface area contributed by atoms with Crippen molar-refractivity contribution in [2.45, 2.75) is 0 Å². The average Bonchev–Trinajstić information content (AvgIpc) is 2.64. The molecule has 2 aromatic rings. The third kappa shape index (κ3) is 4.11. The summed E-state index contributed by atoms with van der Waals surface area (Å²) in [4.78, 5) is 35.5. The highest BCUT2D eigenvalue weighted by atomic mass is 16.5. The van der Waals surface area contributed by atoms with Crippen LogP contribution in [0.3, 0.4) is 0 Å². The van der Waals surface area contributed by atoms with Crippen LogP contribution in [0, 0.1) is 0 Å². The van der Waals surface area contributed by atoms with Gasteiger partial charge in [-0.05, 0) is 29.8 Å². The molecular weight excluding hydrogens is 324 g/mol. The molecule has 0 amide bonds. The minimum absolute atomic E-state index is 0.0296. The molecule has 0 atom stereocenters. The van der Waals surface area contributed by atoms with E-state index in [2.05, 4.69) is 9.47 Å². The van der Waals surface area contributed by atoms with Crippen LogP contribution < -0.4 is 0 Å². The van der Waals surface area contributed by atoms with E-state index in [1.54, 1.807) is 18.2 Å². The van der Waals surface area contributed by atoms with Gasteiger partial charge in [-0.15, -0.1) is 0 Å². The number of hydrogen-bond acceptors (Lipinski definition) is 6. The van der Waals surface area contributed by atoms with Crippen molar-refractivity contribution >= 4 is 23.8 Å². The van der Waals surface area contributed by atoms with E-state index in [4.69, 9.17) is 0 Å². The van der Waals surface area contributed by atoms with Crippen LogP contribution in [-0.4, -0.2) is 37.0 Å². The summed E-state index contributed by atoms with van der Waals surface area (Å²) < 4.78 is 9.20. The molecule has 6 heteroatoms. The maximum absolute atomic E-state index is 12.3. The zero-order chi connectivity index (χ0) is 18.4. The molecule has 0 fully saturated rings. The number of benzene rings is 2. The van der Waals surface area contributed by atoms with E-state index in [-0.39, 0.29) is 22.4 Å². The summed E-state index contributed by atoms with van der Waals surface area (Å²) in [6.45, 7) is 0. The van der Waals surface area contributed by atoms with Crippen LogP contribution in [0.4, 0.5) is 0 Å². The number of ether oxygens (including phenoxy) is 2. The molecule has 2 aromatic carbocycles. The van der Waals surface area contributed by atoms with E-state index in [1.165, 1.54) is 50.6 Å². The van der Waals surface area contributed by atoms with Gasteiger partial charge >= 0.3 is 11.9 Å². The predicted octanol–water partition coefficient (Wildman–Crippen LogP) is 2.86. The third-order valence-corrected chi connectivity index (χ3v) is 3.45. The quantitative estimate of drug-likeness (QED) is 0.511. The van der Waals surface area contributed by atoms with Crippen molar-refractivity contribution in [1.82, 2.24) is 0 Å². The van der Waals surface area contributed by atoms with Gasteiger partial charge in [-0.3, -0.25) is 4.79 Å². The number of phenolic OH excluding ortho intramolecular Hbond substituents is 1. The lowest BCUT2D eigenvalue weighted by molar-refractivity contribution is 0.0589. The van der Waals surface area contributed by atoms with Gasteiger partial charge in [-0.25, -0.2) is 9.59 Å². The highest BCUT2D eigenvalue weighted by Gasteiger charge is 2.15. The van der Waals surface area contributed by atoms with Crippen LogP contribution in [0.1, 0.15) is 36.6 Å². The number of rotatable bonds is 5. The molecule has 2 rings (SSSR count). The molecule has 1 N–H and O–H groups in total. The van der Waals surface area contributed by atoms with Crippen molar-refractivity contribution in [1.29, 1.82) is 0 Å². The first-order valence-corrected chi connectivity index (χ1v) is 7.29. The summed E-state index contributed by atoms with van der Waals surface area (Å²) in [5.74, 6) is -1.90. The summed E-state index contributed by atoms with van der Waals surface area (Å²) in [7, 11) is 2.46. The largest absolute Gasteiger partial charge is 0.507 e. The number of carbonyl (C=O) groups excluding carboxylic acids is 3. The summed E-state index contributed by atoms with van der Waals surface area (Å²) in [5, 5.41) is 9.84. The zero-order valence-electron chi connectivity index (χ0n) is 13.7. The van der Waals surface area contributed by atoms with Crippen LogP contribution in [0.15, 0.2) is 48.5 Å². The van der Waals surface area contributed by atoms with E-state index in [0.29, 0.717) is 5.56 Å². The molecule has 0 saturated carbocycles. The first kappa shape index (κ1) is 17.9. The van der Waals surface area contributed by atoms with E-state index < -0.39 is 17.7 Å². The van der Waals surface area contributed by atoms with Gasteiger partial charge in [-0.2, -0.15) is 0 Å². The first-order chi connectivity index (χ1) is 12.0. The number of phenols is 1. The Bertz CT molecular complexity index is 851. The number of methoxy groups -OCH3 is 2. The number of carbonyl (C=O) groups is 3. The van der Waals surface area contributed by atoms with Crippen molar-refractivity contribution < 1.29 is 29.0 Å². The molecule has 0 aromatic heterocycles. The van der Waals surface area contributed by atoms with Crippen LogP contribution in [0.5, 0.6) is 5.75 Å². The minimum Gasteiger partial charge on any atom is -0.507 e. The Morgan fingerprint density at radius 3 is 2.08 bits per heavy atom. The van der Waals surface area contributed by atoms with Gasteiger partial charge in [0.2, 0.25) is 0 Å². The highest BCUT2D eigenvalue weighted by molar-refractivity contribution is 6.12. The maximum Gasteiger partial charge on any atom is 0.341 e. The van der Waals surface area contributed by atoms with Crippen molar-refractivity contribution in [2.24, 2.45) is 0 Å². The highest BCUT2D eigenvalue weighted by Crippen LogP contribution is 2.21. The molecule has 0 bridgehead atoms. The molecule has 0 radical (unpaired) electrons. The fraction of sp³-hybridized carbons (Fsp3) is 0.105.